The van der Waals surface area contributed by atoms with Gasteiger partial charge < -0.3 is 11.5 Å². The Morgan fingerprint density at radius 3 is 1.45 bits per heavy atom. The van der Waals surface area contributed by atoms with Crippen molar-refractivity contribution in [1.82, 2.24) is 5.32 Å². The molecule has 0 heterocycles. The first-order valence-electron chi connectivity index (χ1n) is 2.42. The number of halogens is 2. The molecule has 0 aliphatic carbocycles. The zero-order valence-corrected chi connectivity index (χ0v) is 8.00. The maximum absolute atomic E-state index is 5.23. The van der Waals surface area contributed by atoms with E-state index in [0.29, 0.717) is 0 Å². The van der Waals surface area contributed by atoms with E-state index in [0.717, 1.165) is 0 Å². The van der Waals surface area contributed by atoms with Crippen LogP contribution in [0.15, 0.2) is 9.98 Å². The summed E-state index contributed by atoms with van der Waals surface area (Å²) < 4.78 is 0. The maximum Gasteiger partial charge on any atom is 0.195 e. The summed E-state index contributed by atoms with van der Waals surface area (Å²) in [6, 6.07) is 0. The van der Waals surface area contributed by atoms with Crippen molar-refractivity contribution >= 4 is 36.7 Å². The smallest absolute Gasteiger partial charge is 0.195 e. The lowest BCUT2D eigenvalue weighted by Gasteiger charge is -2.00. The molecule has 0 aromatic heterocycles. The molecule has 0 spiro atoms. The summed E-state index contributed by atoms with van der Waals surface area (Å²) in [6.45, 7) is 0. The first kappa shape index (κ1) is 16.7. The molecule has 5 N–H and O–H groups in total. The highest BCUT2D eigenvalue weighted by Gasteiger charge is 1.88. The van der Waals surface area contributed by atoms with E-state index in [-0.39, 0.29) is 36.7 Å². The van der Waals surface area contributed by atoms with E-state index in [1.807, 2.05) is 0 Å². The van der Waals surface area contributed by atoms with Crippen molar-refractivity contribution in [2.24, 2.45) is 21.5 Å². The molecule has 0 amide bonds. The Hall–Kier alpha value is -0.680. The molecule has 68 valence electrons. The maximum atomic E-state index is 5.23. The van der Waals surface area contributed by atoms with Crippen molar-refractivity contribution in [3.63, 3.8) is 0 Å². The molecule has 0 saturated carbocycles. The standard InChI is InChI=1S/C4H11N5.2ClH/c1-7-3(5)9-4(6)8-2;;/h1-2H3,(H5,5,6,7,8,9);2*1H. The third kappa shape index (κ3) is 9.32. The Labute approximate surface area is 78.2 Å². The van der Waals surface area contributed by atoms with Crippen molar-refractivity contribution in [3.8, 4) is 0 Å². The van der Waals surface area contributed by atoms with Crippen LogP contribution in [0.2, 0.25) is 0 Å². The fraction of sp³-hybridized carbons (Fsp3) is 0.500. The van der Waals surface area contributed by atoms with Gasteiger partial charge in [-0.2, -0.15) is 0 Å². The van der Waals surface area contributed by atoms with Crippen LogP contribution in [-0.4, -0.2) is 26.0 Å². The molecule has 0 aliphatic heterocycles. The van der Waals surface area contributed by atoms with E-state index in [2.05, 4.69) is 15.3 Å². The molecule has 0 aromatic rings. The number of hydrogen-bond donors (Lipinski definition) is 3. The lowest BCUT2D eigenvalue weighted by molar-refractivity contribution is 1.19. The number of rotatable bonds is 0. The second-order valence-electron chi connectivity index (χ2n) is 1.34. The van der Waals surface area contributed by atoms with Crippen LogP contribution < -0.4 is 16.8 Å². The van der Waals surface area contributed by atoms with Gasteiger partial charge in [0, 0.05) is 14.1 Å². The first-order chi connectivity index (χ1) is 4.20. The molecule has 5 nitrogen and oxygen atoms in total. The average Bonchev–Trinajstić information content (AvgIpc) is 1.87. The van der Waals surface area contributed by atoms with Gasteiger partial charge in [0.15, 0.2) is 11.9 Å². The van der Waals surface area contributed by atoms with Gasteiger partial charge in [-0.25, -0.2) is 0 Å². The summed E-state index contributed by atoms with van der Waals surface area (Å²) in [7, 11) is 3.12. The summed E-state index contributed by atoms with van der Waals surface area (Å²) in [5.74, 6) is 0.524. The minimum Gasteiger partial charge on any atom is -0.370 e. The molecular formula is C4H13Cl2N5. The van der Waals surface area contributed by atoms with E-state index in [1.165, 1.54) is 0 Å². The highest BCUT2D eigenvalue weighted by atomic mass is 35.5. The van der Waals surface area contributed by atoms with Crippen LogP contribution in [0, 0.1) is 0 Å². The van der Waals surface area contributed by atoms with Gasteiger partial charge in [-0.1, -0.05) is 0 Å². The summed E-state index contributed by atoms with van der Waals surface area (Å²) >= 11 is 0. The Morgan fingerprint density at radius 1 is 1.00 bits per heavy atom. The fourth-order valence-corrected chi connectivity index (χ4v) is 0.243. The van der Waals surface area contributed by atoms with Crippen molar-refractivity contribution in [2.45, 2.75) is 0 Å². The third-order valence-corrected chi connectivity index (χ3v) is 0.738. The molecule has 0 aliphatic rings. The van der Waals surface area contributed by atoms with Crippen LogP contribution in [0.5, 0.6) is 0 Å². The summed E-state index contributed by atoms with van der Waals surface area (Å²) in [5, 5.41) is 2.53. The number of nitrogens with two attached hydrogens (primary N) is 2. The highest BCUT2D eigenvalue weighted by Crippen LogP contribution is 1.58. The Balaban J connectivity index is -0.000000320. The predicted octanol–water partition coefficient (Wildman–Crippen LogP) is -0.691. The monoisotopic (exact) mass is 201 g/mol. The minimum absolute atomic E-state index is 0. The lowest BCUT2D eigenvalue weighted by Crippen LogP contribution is -2.41. The van der Waals surface area contributed by atoms with Gasteiger partial charge in [0.2, 0.25) is 0 Å². The molecule has 7 heteroatoms. The van der Waals surface area contributed by atoms with E-state index in [9.17, 15) is 0 Å². The molecule has 0 bridgehead atoms. The summed E-state index contributed by atoms with van der Waals surface area (Å²) in [5.41, 5.74) is 10.5. The molecule has 0 saturated heterocycles. The first-order valence-corrected chi connectivity index (χ1v) is 2.42. The molecule has 0 rings (SSSR count). The van der Waals surface area contributed by atoms with Crippen LogP contribution >= 0.6 is 24.8 Å². The van der Waals surface area contributed by atoms with Gasteiger partial charge in [0.05, 0.1) is 0 Å². The summed E-state index contributed by atoms with van der Waals surface area (Å²) in [6.07, 6.45) is 0. The number of guanidine groups is 2. The SMILES string of the molecule is CN=C(N)NC(N)=NC.Cl.Cl. The quantitative estimate of drug-likeness (QED) is 0.358. The molecule has 0 radical (unpaired) electrons. The highest BCUT2D eigenvalue weighted by molar-refractivity contribution is 5.96. The molecule has 0 unspecified atom stereocenters. The van der Waals surface area contributed by atoms with Crippen LogP contribution in [0.4, 0.5) is 0 Å². The van der Waals surface area contributed by atoms with Gasteiger partial charge >= 0.3 is 0 Å². The summed E-state index contributed by atoms with van der Waals surface area (Å²) in [4.78, 5) is 7.20. The number of hydrogen-bond acceptors (Lipinski definition) is 2. The molecular weight excluding hydrogens is 189 g/mol. The zero-order valence-electron chi connectivity index (χ0n) is 6.37. The molecule has 11 heavy (non-hydrogen) atoms. The Morgan fingerprint density at radius 2 is 1.27 bits per heavy atom. The average molecular weight is 202 g/mol. The van der Waals surface area contributed by atoms with Gasteiger partial charge in [-0.05, 0) is 0 Å². The second kappa shape index (κ2) is 9.32. The van der Waals surface area contributed by atoms with Crippen LogP contribution in [0.25, 0.3) is 0 Å². The molecule has 0 atom stereocenters. The zero-order chi connectivity index (χ0) is 7.28. The normalized spacial score (nSPS) is 11.1. The largest absolute Gasteiger partial charge is 0.370 e. The van der Waals surface area contributed by atoms with Crippen molar-refractivity contribution in [3.05, 3.63) is 0 Å². The van der Waals surface area contributed by atoms with Crippen LogP contribution in [0.3, 0.4) is 0 Å². The van der Waals surface area contributed by atoms with Crippen LogP contribution in [-0.2, 0) is 0 Å². The third-order valence-electron chi connectivity index (χ3n) is 0.738. The predicted molar refractivity (Wildman–Crippen MR) is 52.7 cm³/mol. The fourth-order valence-electron chi connectivity index (χ4n) is 0.243. The van der Waals surface area contributed by atoms with Gasteiger partial charge in [-0.3, -0.25) is 15.3 Å². The van der Waals surface area contributed by atoms with Crippen molar-refractivity contribution in [2.75, 3.05) is 14.1 Å². The number of nitrogens with zero attached hydrogens (tertiary/aromatic N) is 2. The molecule has 0 fully saturated rings. The number of aliphatic imine (C=N–C) groups is 2. The van der Waals surface area contributed by atoms with Crippen molar-refractivity contribution in [1.29, 1.82) is 0 Å². The van der Waals surface area contributed by atoms with Crippen molar-refractivity contribution < 1.29 is 0 Å². The van der Waals surface area contributed by atoms with Gasteiger partial charge in [0.25, 0.3) is 0 Å². The van der Waals surface area contributed by atoms with E-state index < -0.39 is 0 Å². The van der Waals surface area contributed by atoms with E-state index in [1.54, 1.807) is 14.1 Å². The topological polar surface area (TPSA) is 88.8 Å². The van der Waals surface area contributed by atoms with Gasteiger partial charge in [-0.15, -0.1) is 24.8 Å². The second-order valence-corrected chi connectivity index (χ2v) is 1.34. The molecule has 0 aromatic carbocycles. The van der Waals surface area contributed by atoms with Crippen LogP contribution in [0.1, 0.15) is 0 Å². The number of nitrogens with one attached hydrogen (secondary N) is 1. The Bertz CT molecular complexity index is 127. The Kier molecular flexibility index (Phi) is 14.2. The lowest BCUT2D eigenvalue weighted by atomic mass is 10.8. The minimum atomic E-state index is 0. The van der Waals surface area contributed by atoms with E-state index >= 15 is 0 Å². The van der Waals surface area contributed by atoms with Gasteiger partial charge in [0.1, 0.15) is 0 Å². The van der Waals surface area contributed by atoms with E-state index in [4.69, 9.17) is 11.5 Å².